The van der Waals surface area contributed by atoms with E-state index >= 15 is 0 Å². The molecule has 1 aromatic rings. The van der Waals surface area contributed by atoms with Crippen LogP contribution in [0.4, 0.5) is 9.18 Å². The molecular weight excluding hydrogens is 387 g/mol. The van der Waals surface area contributed by atoms with Crippen LogP contribution >= 0.6 is 11.8 Å². The van der Waals surface area contributed by atoms with E-state index in [1.54, 1.807) is 11.0 Å². The van der Waals surface area contributed by atoms with Crippen LogP contribution in [0.3, 0.4) is 0 Å². The van der Waals surface area contributed by atoms with Gasteiger partial charge in [-0.15, -0.1) is 0 Å². The van der Waals surface area contributed by atoms with Crippen LogP contribution in [0.15, 0.2) is 29.2 Å². The van der Waals surface area contributed by atoms with Crippen LogP contribution in [-0.4, -0.2) is 57.6 Å². The van der Waals surface area contributed by atoms with Gasteiger partial charge >= 0.3 is 5.97 Å². The quantitative estimate of drug-likeness (QED) is 0.756. The summed E-state index contributed by atoms with van der Waals surface area (Å²) in [4.78, 5) is 50.5. The number of piperidine rings is 1. The smallest absolute Gasteiger partial charge is 0.306 e. The van der Waals surface area contributed by atoms with Gasteiger partial charge in [-0.1, -0.05) is 18.2 Å². The van der Waals surface area contributed by atoms with Crippen LogP contribution in [0.25, 0.3) is 6.08 Å². The number of carbonyl (C=O) groups is 4. The predicted octanol–water partition coefficient (Wildman–Crippen LogP) is 2.58. The number of halogens is 1. The summed E-state index contributed by atoms with van der Waals surface area (Å²) in [7, 11) is 0. The number of thioether (sulfide) groups is 1. The second-order valence-electron chi connectivity index (χ2n) is 6.60. The molecule has 7 nitrogen and oxygen atoms in total. The summed E-state index contributed by atoms with van der Waals surface area (Å²) in [5.74, 6) is -2.55. The number of carboxylic acids is 1. The number of carboxylic acid groups (broad SMARTS) is 1. The highest BCUT2D eigenvalue weighted by Gasteiger charge is 2.36. The first kappa shape index (κ1) is 20.1. The van der Waals surface area contributed by atoms with E-state index in [0.29, 0.717) is 25.9 Å². The van der Waals surface area contributed by atoms with E-state index in [-0.39, 0.29) is 29.3 Å². The molecule has 28 heavy (non-hydrogen) atoms. The molecule has 0 saturated carbocycles. The number of nitrogens with zero attached hydrogens (tertiary/aromatic N) is 2. The number of imide groups is 1. The molecule has 1 N–H and O–H groups in total. The van der Waals surface area contributed by atoms with Gasteiger partial charge in [-0.2, -0.15) is 0 Å². The molecule has 0 bridgehead atoms. The predicted molar refractivity (Wildman–Crippen MR) is 101 cm³/mol. The van der Waals surface area contributed by atoms with Crippen molar-refractivity contribution < 1.29 is 28.7 Å². The van der Waals surface area contributed by atoms with Gasteiger partial charge in [0, 0.05) is 31.6 Å². The highest BCUT2D eigenvalue weighted by atomic mass is 32.2. The average molecular weight is 406 g/mol. The number of hydrogen-bond donors (Lipinski definition) is 1. The maximum atomic E-state index is 13.8. The van der Waals surface area contributed by atoms with Crippen molar-refractivity contribution in [3.8, 4) is 0 Å². The Bertz CT molecular complexity index is 848. The Hall–Kier alpha value is -2.68. The zero-order valence-corrected chi connectivity index (χ0v) is 15.8. The number of amides is 3. The largest absolute Gasteiger partial charge is 0.481 e. The minimum absolute atomic E-state index is 0.0250. The van der Waals surface area contributed by atoms with Crippen molar-refractivity contribution in [2.75, 3.05) is 19.6 Å². The topological polar surface area (TPSA) is 95.0 Å². The van der Waals surface area contributed by atoms with Crippen LogP contribution in [0, 0.1) is 11.7 Å². The Morgan fingerprint density at radius 3 is 2.54 bits per heavy atom. The highest BCUT2D eigenvalue weighted by molar-refractivity contribution is 8.18. The molecule has 9 heteroatoms. The van der Waals surface area contributed by atoms with Gasteiger partial charge in [0.1, 0.15) is 5.82 Å². The Kier molecular flexibility index (Phi) is 6.13. The van der Waals surface area contributed by atoms with E-state index in [1.165, 1.54) is 24.3 Å². The fourth-order valence-electron chi connectivity index (χ4n) is 3.17. The van der Waals surface area contributed by atoms with Gasteiger partial charge in [-0.3, -0.25) is 24.1 Å². The molecule has 2 saturated heterocycles. The van der Waals surface area contributed by atoms with Crippen molar-refractivity contribution in [3.63, 3.8) is 0 Å². The lowest BCUT2D eigenvalue weighted by Gasteiger charge is -2.30. The number of hydrogen-bond acceptors (Lipinski definition) is 5. The monoisotopic (exact) mass is 406 g/mol. The summed E-state index contributed by atoms with van der Waals surface area (Å²) in [5.41, 5.74) is 0.213. The highest BCUT2D eigenvalue weighted by Crippen LogP contribution is 2.32. The van der Waals surface area contributed by atoms with Crippen LogP contribution in [0.5, 0.6) is 0 Å². The van der Waals surface area contributed by atoms with Crippen molar-refractivity contribution in [2.45, 2.75) is 19.3 Å². The first-order chi connectivity index (χ1) is 13.4. The van der Waals surface area contributed by atoms with Gasteiger partial charge in [0.15, 0.2) is 0 Å². The molecule has 148 valence electrons. The van der Waals surface area contributed by atoms with Gasteiger partial charge in [0.05, 0.1) is 10.8 Å². The summed E-state index contributed by atoms with van der Waals surface area (Å²) in [6, 6.07) is 5.94. The summed E-state index contributed by atoms with van der Waals surface area (Å²) in [5, 5.41) is 8.50. The first-order valence-electron chi connectivity index (χ1n) is 8.87. The van der Waals surface area contributed by atoms with Gasteiger partial charge in [0.25, 0.3) is 11.1 Å². The zero-order valence-electron chi connectivity index (χ0n) is 15.0. The third kappa shape index (κ3) is 4.41. The van der Waals surface area contributed by atoms with Crippen molar-refractivity contribution in [1.82, 2.24) is 9.80 Å². The Morgan fingerprint density at radius 1 is 1.21 bits per heavy atom. The summed E-state index contributed by atoms with van der Waals surface area (Å²) < 4.78 is 13.8. The number of likely N-dealkylation sites (tertiary alicyclic amines) is 1. The van der Waals surface area contributed by atoms with Crippen molar-refractivity contribution in [1.29, 1.82) is 0 Å². The molecule has 0 aromatic heterocycles. The van der Waals surface area contributed by atoms with E-state index in [0.717, 1.165) is 16.7 Å². The normalized spacial score (nSPS) is 19.5. The van der Waals surface area contributed by atoms with Crippen LogP contribution in [0.1, 0.15) is 24.8 Å². The maximum absolute atomic E-state index is 13.8. The lowest BCUT2D eigenvalue weighted by molar-refractivity contribution is -0.145. The molecule has 2 aliphatic rings. The van der Waals surface area contributed by atoms with Crippen molar-refractivity contribution >= 4 is 40.9 Å². The molecule has 0 atom stereocenters. The minimum Gasteiger partial charge on any atom is -0.481 e. The van der Waals surface area contributed by atoms with E-state index in [2.05, 4.69) is 0 Å². The first-order valence-corrected chi connectivity index (χ1v) is 9.69. The fourth-order valence-corrected chi connectivity index (χ4v) is 4.02. The van der Waals surface area contributed by atoms with Gasteiger partial charge in [-0.25, -0.2) is 4.39 Å². The summed E-state index contributed by atoms with van der Waals surface area (Å²) >= 11 is 0.718. The molecule has 3 rings (SSSR count). The van der Waals surface area contributed by atoms with Gasteiger partial charge < -0.3 is 10.0 Å². The summed E-state index contributed by atoms with van der Waals surface area (Å²) in [6.07, 6.45) is 2.10. The molecule has 3 amide bonds. The fraction of sp³-hybridized carbons (Fsp3) is 0.368. The third-order valence-electron chi connectivity index (χ3n) is 4.81. The van der Waals surface area contributed by atoms with Crippen LogP contribution in [0.2, 0.25) is 0 Å². The average Bonchev–Trinajstić information content (AvgIpc) is 2.94. The van der Waals surface area contributed by atoms with E-state index in [4.69, 9.17) is 5.11 Å². The van der Waals surface area contributed by atoms with Gasteiger partial charge in [0.2, 0.25) is 5.91 Å². The molecule has 0 radical (unpaired) electrons. The standard InChI is InChI=1S/C19H19FN2O5S/c20-14-4-2-1-3-13(14)11-15-17(24)22(19(27)28-15)10-7-16(23)21-8-5-12(6-9-21)18(25)26/h1-4,11-12H,5-10H2,(H,25,26)/b15-11-. The number of benzene rings is 1. The van der Waals surface area contributed by atoms with E-state index < -0.39 is 28.9 Å². The molecule has 0 aliphatic carbocycles. The molecular formula is C19H19FN2O5S. The molecule has 2 fully saturated rings. The van der Waals surface area contributed by atoms with Crippen LogP contribution in [-0.2, 0) is 14.4 Å². The maximum Gasteiger partial charge on any atom is 0.306 e. The van der Waals surface area contributed by atoms with Gasteiger partial charge in [-0.05, 0) is 36.7 Å². The Morgan fingerprint density at radius 2 is 1.89 bits per heavy atom. The van der Waals surface area contributed by atoms with Crippen molar-refractivity contribution in [3.05, 3.63) is 40.6 Å². The van der Waals surface area contributed by atoms with Crippen LogP contribution < -0.4 is 0 Å². The van der Waals surface area contributed by atoms with E-state index in [9.17, 15) is 23.6 Å². The minimum atomic E-state index is -0.855. The number of carbonyl (C=O) groups excluding carboxylic acids is 3. The second-order valence-corrected chi connectivity index (χ2v) is 7.59. The molecule has 2 heterocycles. The Labute approximate surface area is 165 Å². The number of rotatable bonds is 5. The second kappa shape index (κ2) is 8.55. The molecule has 0 spiro atoms. The van der Waals surface area contributed by atoms with E-state index in [1.807, 2.05) is 0 Å². The number of aliphatic carboxylic acids is 1. The lowest BCUT2D eigenvalue weighted by Crippen LogP contribution is -2.42. The van der Waals surface area contributed by atoms with Crippen molar-refractivity contribution in [2.24, 2.45) is 5.92 Å². The Balaban J connectivity index is 1.57. The third-order valence-corrected chi connectivity index (χ3v) is 5.72. The molecule has 1 aromatic carbocycles. The summed E-state index contributed by atoms with van der Waals surface area (Å²) in [6.45, 7) is 0.646. The molecule has 2 aliphatic heterocycles. The SMILES string of the molecule is O=C(O)C1CCN(C(=O)CCN2C(=O)S/C(=C\c3ccccc3F)C2=O)CC1. The lowest BCUT2D eigenvalue weighted by atomic mass is 9.97. The zero-order chi connectivity index (χ0) is 20.3. The molecule has 0 unspecified atom stereocenters.